The average Bonchev–Trinajstić information content (AvgIpc) is 3.88. The largest absolute Gasteiger partial charge is 0.481 e. The number of esters is 2. The third-order valence-electron chi connectivity index (χ3n) is 11.4. The van der Waals surface area contributed by atoms with Gasteiger partial charge in [-0.3, -0.25) is 0 Å². The fourth-order valence-electron chi connectivity index (χ4n) is 9.10. The van der Waals surface area contributed by atoms with E-state index >= 15 is 0 Å². The molecule has 0 aromatic heterocycles. The highest BCUT2D eigenvalue weighted by molar-refractivity contribution is 6.11. The fraction of sp³-hybridized carbons (Fsp3) is 0.590. The molecule has 4 aliphatic carbocycles. The maximum Gasteiger partial charge on any atom is 0.344 e. The number of unbranched alkanes of at least 4 members (excludes halogenated alkanes) is 2. The minimum absolute atomic E-state index is 0.143. The van der Waals surface area contributed by atoms with E-state index in [0.717, 1.165) is 52.6 Å². The molecule has 6 heteroatoms. The number of aryl methyl sites for hydroxylation is 1. The van der Waals surface area contributed by atoms with Crippen molar-refractivity contribution in [3.63, 3.8) is 0 Å². The molecule has 0 saturated heterocycles. The molecule has 0 heterocycles. The Labute approximate surface area is 267 Å². The first kappa shape index (κ1) is 30.4. The lowest BCUT2D eigenvalue weighted by Gasteiger charge is -2.22. The fourth-order valence-corrected chi connectivity index (χ4v) is 9.10. The van der Waals surface area contributed by atoms with Gasteiger partial charge in [-0.1, -0.05) is 69.0 Å². The van der Waals surface area contributed by atoms with Crippen LogP contribution in [0.4, 0.5) is 0 Å². The third-order valence-corrected chi connectivity index (χ3v) is 11.4. The Morgan fingerprint density at radius 3 is 1.73 bits per heavy atom. The number of carbonyl (C=O) groups is 2. The Kier molecular flexibility index (Phi) is 9.18. The standard InChI is InChI=1S/C39H48O6/c1-2-3-4-7-25-12-15-34-35(20-25)39(45-24-37(41)43-22-31-19-27-11-14-29(31)17-27)33-9-6-5-8-32(33)38(34)44-23-36(40)42-21-30-18-26-10-13-28(30)16-26/h5-6,8-9,12,15,20,26-31H,2-4,7,10-11,13-14,16-19,21-24H2,1H3. The summed E-state index contributed by atoms with van der Waals surface area (Å²) in [7, 11) is 0. The summed E-state index contributed by atoms with van der Waals surface area (Å²) in [6.07, 6.45) is 14.6. The van der Waals surface area contributed by atoms with Crippen molar-refractivity contribution in [3.8, 4) is 11.5 Å². The van der Waals surface area contributed by atoms with Crippen molar-refractivity contribution in [2.45, 2.75) is 84.0 Å². The quantitative estimate of drug-likeness (QED) is 0.103. The van der Waals surface area contributed by atoms with E-state index in [1.807, 2.05) is 24.3 Å². The molecule has 0 amide bonds. The second kappa shape index (κ2) is 13.6. The van der Waals surface area contributed by atoms with Crippen LogP contribution in [0.3, 0.4) is 0 Å². The van der Waals surface area contributed by atoms with Crippen LogP contribution in [0.15, 0.2) is 42.5 Å². The molecule has 3 aromatic carbocycles. The van der Waals surface area contributed by atoms with Gasteiger partial charge in [-0.25, -0.2) is 9.59 Å². The normalized spacial score (nSPS) is 26.5. The molecule has 4 fully saturated rings. The molecule has 7 rings (SSSR count). The second-order valence-corrected chi connectivity index (χ2v) is 14.4. The van der Waals surface area contributed by atoms with E-state index in [-0.39, 0.29) is 25.2 Å². The molecular formula is C39H48O6. The van der Waals surface area contributed by atoms with Gasteiger partial charge in [0.2, 0.25) is 0 Å². The first-order valence-electron chi connectivity index (χ1n) is 17.6. The van der Waals surface area contributed by atoms with E-state index in [1.165, 1.54) is 63.4 Å². The predicted octanol–water partition coefficient (Wildman–Crippen LogP) is 8.44. The molecule has 6 nitrogen and oxygen atoms in total. The molecule has 0 spiro atoms. The van der Waals surface area contributed by atoms with Crippen molar-refractivity contribution in [1.82, 2.24) is 0 Å². The third kappa shape index (κ3) is 6.66. The summed E-state index contributed by atoms with van der Waals surface area (Å²) >= 11 is 0. The van der Waals surface area contributed by atoms with Crippen LogP contribution in [0.25, 0.3) is 21.5 Å². The van der Waals surface area contributed by atoms with Gasteiger partial charge in [-0.05, 0) is 98.5 Å². The number of carbonyl (C=O) groups excluding carboxylic acids is 2. The summed E-state index contributed by atoms with van der Waals surface area (Å²) in [6.45, 7) is 2.92. The molecule has 0 radical (unpaired) electrons. The summed E-state index contributed by atoms with van der Waals surface area (Å²) in [5.41, 5.74) is 1.21. The van der Waals surface area contributed by atoms with Gasteiger partial charge in [0.05, 0.1) is 13.2 Å². The number of benzene rings is 3. The lowest BCUT2D eigenvalue weighted by molar-refractivity contribution is -0.148. The van der Waals surface area contributed by atoms with Crippen LogP contribution in [-0.4, -0.2) is 38.4 Å². The minimum Gasteiger partial charge on any atom is -0.481 e. The van der Waals surface area contributed by atoms with Crippen molar-refractivity contribution in [1.29, 1.82) is 0 Å². The first-order valence-corrected chi connectivity index (χ1v) is 17.6. The van der Waals surface area contributed by atoms with E-state index in [1.54, 1.807) is 0 Å². The highest BCUT2D eigenvalue weighted by Gasteiger charge is 2.41. The molecule has 6 atom stereocenters. The zero-order valence-corrected chi connectivity index (χ0v) is 26.8. The maximum atomic E-state index is 12.9. The predicted molar refractivity (Wildman–Crippen MR) is 175 cm³/mol. The van der Waals surface area contributed by atoms with Crippen LogP contribution in [-0.2, 0) is 25.5 Å². The van der Waals surface area contributed by atoms with Gasteiger partial charge >= 0.3 is 11.9 Å². The SMILES string of the molecule is CCCCCc1ccc2c(OCC(=O)OCC3CC4CCC3C4)c3ccccc3c(OCC(=O)OCC3CC4CCC3C4)c2c1. The highest BCUT2D eigenvalue weighted by atomic mass is 16.6. The van der Waals surface area contributed by atoms with Crippen LogP contribution >= 0.6 is 0 Å². The summed E-state index contributed by atoms with van der Waals surface area (Å²) in [5.74, 6) is 4.71. The van der Waals surface area contributed by atoms with Crippen LogP contribution in [0.2, 0.25) is 0 Å². The van der Waals surface area contributed by atoms with Gasteiger partial charge in [-0.15, -0.1) is 0 Å². The van der Waals surface area contributed by atoms with E-state index < -0.39 is 0 Å². The Bertz CT molecular complexity index is 1530. The summed E-state index contributed by atoms with van der Waals surface area (Å²) in [6, 6.07) is 14.3. The molecule has 45 heavy (non-hydrogen) atoms. The van der Waals surface area contributed by atoms with E-state index in [9.17, 15) is 9.59 Å². The Morgan fingerprint density at radius 1 is 0.667 bits per heavy atom. The smallest absolute Gasteiger partial charge is 0.344 e. The van der Waals surface area contributed by atoms with Gasteiger partial charge in [0.1, 0.15) is 11.5 Å². The van der Waals surface area contributed by atoms with E-state index in [4.69, 9.17) is 18.9 Å². The molecule has 6 unspecified atom stereocenters. The zero-order valence-electron chi connectivity index (χ0n) is 26.8. The average molecular weight is 613 g/mol. The van der Waals surface area contributed by atoms with Crippen LogP contribution in [0.1, 0.15) is 83.1 Å². The van der Waals surface area contributed by atoms with Gasteiger partial charge in [0, 0.05) is 21.5 Å². The van der Waals surface area contributed by atoms with Crippen molar-refractivity contribution in [2.75, 3.05) is 26.4 Å². The van der Waals surface area contributed by atoms with Gasteiger partial charge < -0.3 is 18.9 Å². The van der Waals surface area contributed by atoms with Crippen molar-refractivity contribution in [2.24, 2.45) is 35.5 Å². The van der Waals surface area contributed by atoms with Crippen molar-refractivity contribution < 1.29 is 28.5 Å². The van der Waals surface area contributed by atoms with E-state index in [0.29, 0.717) is 48.4 Å². The molecular weight excluding hydrogens is 564 g/mol. The monoisotopic (exact) mass is 612 g/mol. The summed E-state index contributed by atoms with van der Waals surface area (Å²) in [4.78, 5) is 25.8. The zero-order chi connectivity index (χ0) is 30.8. The molecule has 4 aliphatic rings. The highest BCUT2D eigenvalue weighted by Crippen LogP contribution is 2.49. The van der Waals surface area contributed by atoms with Crippen molar-refractivity contribution >= 4 is 33.5 Å². The van der Waals surface area contributed by atoms with Gasteiger partial charge in [0.25, 0.3) is 0 Å². The maximum absolute atomic E-state index is 12.9. The molecule has 4 saturated carbocycles. The second-order valence-electron chi connectivity index (χ2n) is 14.4. The lowest BCUT2D eigenvalue weighted by Crippen LogP contribution is -2.23. The molecule has 0 N–H and O–H groups in total. The topological polar surface area (TPSA) is 71.1 Å². The minimum atomic E-state index is -0.329. The molecule has 240 valence electrons. The molecule has 4 bridgehead atoms. The number of ether oxygens (including phenoxy) is 4. The van der Waals surface area contributed by atoms with Crippen LogP contribution in [0, 0.1) is 35.5 Å². The number of hydrogen-bond acceptors (Lipinski definition) is 6. The molecule has 3 aromatic rings. The van der Waals surface area contributed by atoms with Gasteiger partial charge in [-0.2, -0.15) is 0 Å². The lowest BCUT2D eigenvalue weighted by atomic mass is 9.90. The Morgan fingerprint density at radius 2 is 1.22 bits per heavy atom. The Balaban J connectivity index is 1.09. The van der Waals surface area contributed by atoms with Crippen molar-refractivity contribution in [3.05, 3.63) is 48.0 Å². The van der Waals surface area contributed by atoms with E-state index in [2.05, 4.69) is 25.1 Å². The van der Waals surface area contributed by atoms with Crippen LogP contribution < -0.4 is 9.47 Å². The summed E-state index contributed by atoms with van der Waals surface area (Å²) < 4.78 is 24.1. The van der Waals surface area contributed by atoms with Crippen LogP contribution in [0.5, 0.6) is 11.5 Å². The number of hydrogen-bond donors (Lipinski definition) is 0. The number of rotatable bonds is 14. The first-order chi connectivity index (χ1) is 22.1. The number of fused-ring (bicyclic) bond motifs is 6. The Hall–Kier alpha value is -3.28. The van der Waals surface area contributed by atoms with Gasteiger partial charge in [0.15, 0.2) is 13.2 Å². The summed E-state index contributed by atoms with van der Waals surface area (Å²) in [5, 5.41) is 3.44. The molecule has 0 aliphatic heterocycles.